The standard InChI is InChI=1S/C18H27FN2O4/c1-11(2)12(10-21-17(24)25-18(3,4)5)9-20-13-6-7-15(19)14(8-13)16(22)23/h6-8,11-12,20H,9-10H2,1-5H3,(H,21,24)(H,22,23). The molecule has 1 rings (SSSR count). The van der Waals surface area contributed by atoms with Gasteiger partial charge in [-0.25, -0.2) is 14.0 Å². The smallest absolute Gasteiger partial charge is 0.407 e. The van der Waals surface area contributed by atoms with E-state index in [9.17, 15) is 14.0 Å². The molecule has 3 N–H and O–H groups in total. The number of hydrogen-bond acceptors (Lipinski definition) is 4. The van der Waals surface area contributed by atoms with Gasteiger partial charge in [0.25, 0.3) is 0 Å². The largest absolute Gasteiger partial charge is 0.478 e. The molecule has 6 nitrogen and oxygen atoms in total. The van der Waals surface area contributed by atoms with Crippen LogP contribution in [-0.2, 0) is 4.74 Å². The number of ether oxygens (including phenoxy) is 1. The molecule has 1 aromatic rings. The predicted molar refractivity (Wildman–Crippen MR) is 94.4 cm³/mol. The average molecular weight is 354 g/mol. The summed E-state index contributed by atoms with van der Waals surface area (Å²) in [5.74, 6) is -1.73. The predicted octanol–water partition coefficient (Wildman–Crippen LogP) is 3.73. The molecule has 1 amide bonds. The zero-order chi connectivity index (χ0) is 19.2. The summed E-state index contributed by atoms with van der Waals surface area (Å²) >= 11 is 0. The maximum Gasteiger partial charge on any atom is 0.407 e. The molecule has 140 valence electrons. The topological polar surface area (TPSA) is 87.7 Å². The molecule has 0 fully saturated rings. The summed E-state index contributed by atoms with van der Waals surface area (Å²) in [5, 5.41) is 14.8. The van der Waals surface area contributed by atoms with Gasteiger partial charge in [0.2, 0.25) is 0 Å². The summed E-state index contributed by atoms with van der Waals surface area (Å²) in [4.78, 5) is 22.7. The van der Waals surface area contributed by atoms with Crippen LogP contribution < -0.4 is 10.6 Å². The lowest BCUT2D eigenvalue weighted by Crippen LogP contribution is -2.38. The lowest BCUT2D eigenvalue weighted by Gasteiger charge is -2.24. The van der Waals surface area contributed by atoms with Gasteiger partial charge in [0.15, 0.2) is 0 Å². The maximum atomic E-state index is 13.4. The van der Waals surface area contributed by atoms with Gasteiger partial charge in [-0.2, -0.15) is 0 Å². The molecule has 25 heavy (non-hydrogen) atoms. The van der Waals surface area contributed by atoms with Gasteiger partial charge in [0, 0.05) is 18.8 Å². The molecule has 0 heterocycles. The number of carboxylic acids is 1. The second kappa shape index (κ2) is 8.69. The minimum Gasteiger partial charge on any atom is -0.478 e. The first-order chi connectivity index (χ1) is 11.5. The number of amides is 1. The number of carbonyl (C=O) groups is 2. The van der Waals surface area contributed by atoms with E-state index in [0.29, 0.717) is 18.8 Å². The maximum absolute atomic E-state index is 13.4. The van der Waals surface area contributed by atoms with Crippen molar-refractivity contribution in [2.24, 2.45) is 11.8 Å². The number of nitrogens with one attached hydrogen (secondary N) is 2. The van der Waals surface area contributed by atoms with Gasteiger partial charge in [-0.05, 0) is 50.8 Å². The van der Waals surface area contributed by atoms with Crippen LogP contribution in [0.5, 0.6) is 0 Å². The number of halogens is 1. The fourth-order valence-corrected chi connectivity index (χ4v) is 2.12. The first-order valence-electron chi connectivity index (χ1n) is 8.23. The van der Waals surface area contributed by atoms with Gasteiger partial charge in [0.1, 0.15) is 11.4 Å². The third-order valence-corrected chi connectivity index (χ3v) is 3.62. The number of carboxylic acid groups (broad SMARTS) is 1. The first kappa shape index (κ1) is 20.7. The van der Waals surface area contributed by atoms with Crippen molar-refractivity contribution in [1.29, 1.82) is 0 Å². The highest BCUT2D eigenvalue weighted by Crippen LogP contribution is 2.17. The minimum atomic E-state index is -1.31. The van der Waals surface area contributed by atoms with E-state index in [-0.39, 0.29) is 17.4 Å². The lowest BCUT2D eigenvalue weighted by atomic mass is 9.95. The first-order valence-corrected chi connectivity index (χ1v) is 8.23. The Kier molecular flexibility index (Phi) is 7.21. The molecule has 1 atom stereocenters. The van der Waals surface area contributed by atoms with E-state index < -0.39 is 23.5 Å². The number of carbonyl (C=O) groups excluding carboxylic acids is 1. The van der Waals surface area contributed by atoms with E-state index in [1.807, 2.05) is 13.8 Å². The molecular weight excluding hydrogens is 327 g/mol. The molecule has 0 saturated heterocycles. The van der Waals surface area contributed by atoms with Crippen LogP contribution in [-0.4, -0.2) is 35.9 Å². The molecule has 1 unspecified atom stereocenters. The third-order valence-electron chi connectivity index (χ3n) is 3.62. The summed E-state index contributed by atoms with van der Waals surface area (Å²) in [6, 6.07) is 3.87. The second-order valence-corrected chi connectivity index (χ2v) is 7.27. The summed E-state index contributed by atoms with van der Waals surface area (Å²) < 4.78 is 18.6. The van der Waals surface area contributed by atoms with Gasteiger partial charge < -0.3 is 20.5 Å². The highest BCUT2D eigenvalue weighted by molar-refractivity contribution is 5.89. The molecule has 0 radical (unpaired) electrons. The van der Waals surface area contributed by atoms with Gasteiger partial charge >= 0.3 is 12.1 Å². The van der Waals surface area contributed by atoms with E-state index in [0.717, 1.165) is 6.07 Å². The summed E-state index contributed by atoms with van der Waals surface area (Å²) in [6.07, 6.45) is -0.479. The van der Waals surface area contributed by atoms with Crippen molar-refractivity contribution in [1.82, 2.24) is 5.32 Å². The highest BCUT2D eigenvalue weighted by Gasteiger charge is 2.19. The molecular formula is C18H27FN2O4. The van der Waals surface area contributed by atoms with Crippen molar-refractivity contribution in [3.8, 4) is 0 Å². The number of rotatable bonds is 7. The van der Waals surface area contributed by atoms with Gasteiger partial charge in [0.05, 0.1) is 5.56 Å². The van der Waals surface area contributed by atoms with Crippen LogP contribution in [0.25, 0.3) is 0 Å². The molecule has 0 saturated carbocycles. The Morgan fingerprint density at radius 1 is 1.24 bits per heavy atom. The van der Waals surface area contributed by atoms with E-state index in [2.05, 4.69) is 10.6 Å². The molecule has 7 heteroatoms. The Labute approximate surface area is 147 Å². The van der Waals surface area contributed by atoms with Crippen molar-refractivity contribution in [2.75, 3.05) is 18.4 Å². The van der Waals surface area contributed by atoms with E-state index >= 15 is 0 Å². The summed E-state index contributed by atoms with van der Waals surface area (Å²) in [7, 11) is 0. The van der Waals surface area contributed by atoms with Crippen LogP contribution in [0.2, 0.25) is 0 Å². The molecule has 1 aromatic carbocycles. The average Bonchev–Trinajstić information content (AvgIpc) is 2.46. The summed E-state index contributed by atoms with van der Waals surface area (Å²) in [5.41, 5.74) is -0.420. The van der Waals surface area contributed by atoms with Gasteiger partial charge in [-0.3, -0.25) is 0 Å². The molecule has 0 spiro atoms. The number of alkyl carbamates (subject to hydrolysis) is 1. The van der Waals surface area contributed by atoms with Crippen molar-refractivity contribution in [2.45, 2.75) is 40.2 Å². The zero-order valence-corrected chi connectivity index (χ0v) is 15.4. The van der Waals surface area contributed by atoms with E-state index in [1.54, 1.807) is 20.8 Å². The molecule has 0 aliphatic rings. The van der Waals surface area contributed by atoms with Crippen LogP contribution in [0, 0.1) is 17.7 Å². The molecule has 0 bridgehead atoms. The Morgan fingerprint density at radius 3 is 2.40 bits per heavy atom. The van der Waals surface area contributed by atoms with Crippen LogP contribution in [0.1, 0.15) is 45.0 Å². The van der Waals surface area contributed by atoms with Crippen LogP contribution in [0.4, 0.5) is 14.9 Å². The number of hydrogen-bond donors (Lipinski definition) is 3. The number of benzene rings is 1. The summed E-state index contributed by atoms with van der Waals surface area (Å²) in [6.45, 7) is 10.3. The Balaban J connectivity index is 2.63. The van der Waals surface area contributed by atoms with Crippen molar-refractivity contribution >= 4 is 17.7 Å². The fourth-order valence-electron chi connectivity index (χ4n) is 2.12. The molecule has 0 aliphatic carbocycles. The van der Waals surface area contributed by atoms with Crippen LogP contribution in [0.15, 0.2) is 18.2 Å². The van der Waals surface area contributed by atoms with Crippen molar-refractivity contribution in [3.05, 3.63) is 29.6 Å². The monoisotopic (exact) mass is 354 g/mol. The number of aromatic carboxylic acids is 1. The van der Waals surface area contributed by atoms with Gasteiger partial charge in [-0.1, -0.05) is 13.8 Å². The van der Waals surface area contributed by atoms with Crippen molar-refractivity contribution < 1.29 is 23.8 Å². The number of anilines is 1. The molecule has 0 aromatic heterocycles. The fraction of sp³-hybridized carbons (Fsp3) is 0.556. The quantitative estimate of drug-likeness (QED) is 0.694. The van der Waals surface area contributed by atoms with Crippen molar-refractivity contribution in [3.63, 3.8) is 0 Å². The Bertz CT molecular complexity index is 612. The second-order valence-electron chi connectivity index (χ2n) is 7.27. The normalized spacial score (nSPS) is 12.6. The van der Waals surface area contributed by atoms with E-state index in [1.165, 1.54) is 12.1 Å². The minimum absolute atomic E-state index is 0.0887. The SMILES string of the molecule is CC(C)C(CNC(=O)OC(C)(C)C)CNc1ccc(F)c(C(=O)O)c1. The Hall–Kier alpha value is -2.31. The van der Waals surface area contributed by atoms with Crippen LogP contribution in [0.3, 0.4) is 0 Å². The van der Waals surface area contributed by atoms with E-state index in [4.69, 9.17) is 9.84 Å². The Morgan fingerprint density at radius 2 is 1.88 bits per heavy atom. The highest BCUT2D eigenvalue weighted by atomic mass is 19.1. The molecule has 0 aliphatic heterocycles. The zero-order valence-electron chi connectivity index (χ0n) is 15.4. The lowest BCUT2D eigenvalue weighted by molar-refractivity contribution is 0.0515. The third kappa shape index (κ3) is 7.41. The van der Waals surface area contributed by atoms with Crippen LogP contribution >= 0.6 is 0 Å². The van der Waals surface area contributed by atoms with Gasteiger partial charge in [-0.15, -0.1) is 0 Å².